The second-order valence-electron chi connectivity index (χ2n) is 7.53. The Hall–Kier alpha value is -2.57. The molecule has 1 aromatic heterocycles. The molecule has 2 heterocycles. The van der Waals surface area contributed by atoms with Crippen molar-refractivity contribution in [1.82, 2.24) is 4.57 Å². The summed E-state index contributed by atoms with van der Waals surface area (Å²) in [6.07, 6.45) is 4.09. The average Bonchev–Trinajstić information content (AvgIpc) is 3.20. The van der Waals surface area contributed by atoms with E-state index in [0.29, 0.717) is 15.3 Å². The molecule has 0 atom stereocenters. The molecule has 1 aliphatic rings. The van der Waals surface area contributed by atoms with E-state index < -0.39 is 0 Å². The molecule has 4 rings (SSSR count). The number of thiocarbonyl (C=S) groups is 1. The Labute approximate surface area is 180 Å². The van der Waals surface area contributed by atoms with Crippen molar-refractivity contribution < 1.29 is 4.79 Å². The van der Waals surface area contributed by atoms with E-state index in [-0.39, 0.29) is 5.91 Å². The van der Waals surface area contributed by atoms with Crippen molar-refractivity contribution in [1.29, 1.82) is 0 Å². The van der Waals surface area contributed by atoms with E-state index in [0.717, 1.165) is 22.3 Å². The topological polar surface area (TPSA) is 28.5 Å². The minimum absolute atomic E-state index is 0.0704. The van der Waals surface area contributed by atoms with Gasteiger partial charge in [0.05, 0.1) is 10.6 Å². The lowest BCUT2D eigenvalue weighted by Gasteiger charge is -2.17. The van der Waals surface area contributed by atoms with E-state index in [4.69, 9.17) is 12.2 Å². The third kappa shape index (κ3) is 3.58. The first-order valence-electron chi connectivity index (χ1n) is 9.51. The maximum absolute atomic E-state index is 13.1. The molecule has 0 radical (unpaired) electrons. The maximum Gasteiger partial charge on any atom is 0.270 e. The molecular weight excluding hydrogens is 398 g/mol. The summed E-state index contributed by atoms with van der Waals surface area (Å²) in [5.74, 6) is -0.0704. The van der Waals surface area contributed by atoms with Gasteiger partial charge < -0.3 is 9.47 Å². The van der Waals surface area contributed by atoms with E-state index in [1.54, 1.807) is 4.90 Å². The molecule has 2 aromatic carbocycles. The monoisotopic (exact) mass is 421 g/mol. The van der Waals surface area contributed by atoms with Gasteiger partial charge in [-0.05, 0) is 50.3 Å². The molecule has 148 valence electrons. The third-order valence-electron chi connectivity index (χ3n) is 5.03. The Balaban J connectivity index is 1.71. The highest BCUT2D eigenvalue weighted by molar-refractivity contribution is 8.27. The molecule has 0 spiro atoms. The van der Waals surface area contributed by atoms with Crippen molar-refractivity contribution in [2.75, 3.05) is 23.9 Å². The van der Waals surface area contributed by atoms with E-state index in [1.807, 2.05) is 61.5 Å². The van der Waals surface area contributed by atoms with Crippen molar-refractivity contribution in [2.45, 2.75) is 19.9 Å². The number of carbonyl (C=O) groups is 1. The molecule has 0 N–H and O–H groups in total. The summed E-state index contributed by atoms with van der Waals surface area (Å²) in [6.45, 7) is 4.32. The fourth-order valence-electron chi connectivity index (χ4n) is 3.51. The second kappa shape index (κ2) is 7.69. The van der Waals surface area contributed by atoms with Gasteiger partial charge in [0.15, 0.2) is 4.32 Å². The number of hydrogen-bond donors (Lipinski definition) is 0. The Bertz CT molecular complexity index is 1130. The van der Waals surface area contributed by atoms with Crippen molar-refractivity contribution in [3.63, 3.8) is 0 Å². The van der Waals surface area contributed by atoms with Crippen LogP contribution in [0.25, 0.3) is 17.0 Å². The number of aromatic nitrogens is 1. The molecule has 0 bridgehead atoms. The van der Waals surface area contributed by atoms with Crippen LogP contribution >= 0.6 is 24.0 Å². The highest BCUT2D eigenvalue weighted by Gasteiger charge is 2.33. The Morgan fingerprint density at radius 3 is 2.41 bits per heavy atom. The second-order valence-corrected chi connectivity index (χ2v) is 9.21. The molecule has 0 saturated carbocycles. The van der Waals surface area contributed by atoms with Crippen LogP contribution < -0.4 is 9.80 Å². The van der Waals surface area contributed by atoms with Gasteiger partial charge in [0, 0.05) is 48.5 Å². The molecule has 1 aliphatic heterocycles. The molecule has 29 heavy (non-hydrogen) atoms. The Kier molecular flexibility index (Phi) is 5.23. The fraction of sp³-hybridized carbons (Fsp3) is 0.217. The minimum Gasteiger partial charge on any atom is -0.378 e. The summed E-state index contributed by atoms with van der Waals surface area (Å²) in [5, 5.41) is 1.14. The van der Waals surface area contributed by atoms with Crippen LogP contribution in [-0.2, 0) is 4.79 Å². The van der Waals surface area contributed by atoms with Gasteiger partial charge in [-0.15, -0.1) is 0 Å². The van der Waals surface area contributed by atoms with Gasteiger partial charge in [0.2, 0.25) is 0 Å². The van der Waals surface area contributed by atoms with Crippen LogP contribution in [0.1, 0.15) is 25.5 Å². The van der Waals surface area contributed by atoms with Gasteiger partial charge in [0.1, 0.15) is 0 Å². The number of para-hydroxylation sites is 1. The summed E-state index contributed by atoms with van der Waals surface area (Å²) >= 11 is 6.89. The van der Waals surface area contributed by atoms with Gasteiger partial charge >= 0.3 is 0 Å². The first-order valence-corrected chi connectivity index (χ1v) is 10.7. The zero-order valence-electron chi connectivity index (χ0n) is 16.9. The van der Waals surface area contributed by atoms with Gasteiger partial charge in [-0.1, -0.05) is 42.2 Å². The number of amides is 1. The van der Waals surface area contributed by atoms with Crippen LogP contribution in [0.4, 0.5) is 11.4 Å². The van der Waals surface area contributed by atoms with Crippen LogP contribution in [0.15, 0.2) is 59.6 Å². The fourth-order valence-corrected chi connectivity index (χ4v) is 4.80. The van der Waals surface area contributed by atoms with Gasteiger partial charge in [-0.25, -0.2) is 0 Å². The molecule has 0 aliphatic carbocycles. The van der Waals surface area contributed by atoms with Crippen LogP contribution in [0, 0.1) is 0 Å². The number of thioether (sulfide) groups is 1. The molecule has 3 aromatic rings. The Morgan fingerprint density at radius 2 is 1.76 bits per heavy atom. The Morgan fingerprint density at radius 1 is 1.07 bits per heavy atom. The quantitative estimate of drug-likeness (QED) is 0.399. The molecule has 4 nitrogen and oxygen atoms in total. The number of hydrogen-bond acceptors (Lipinski definition) is 4. The summed E-state index contributed by atoms with van der Waals surface area (Å²) in [4.78, 5) is 17.4. The minimum atomic E-state index is -0.0704. The predicted molar refractivity (Wildman–Crippen MR) is 129 cm³/mol. The SMILES string of the molecule is CC(C)n1cc(/C=C2/SC(=S)N(c3ccc(N(C)C)cc3)C2=O)c2ccccc21. The standard InChI is InChI=1S/C23H23N3OS2/c1-15(2)25-14-16(19-7-5-6-8-20(19)25)13-21-22(27)26(23(28)29-21)18-11-9-17(10-12-18)24(3)4/h5-15H,1-4H3/b21-13+. The largest absolute Gasteiger partial charge is 0.378 e. The highest BCUT2D eigenvalue weighted by Crippen LogP contribution is 2.37. The first-order chi connectivity index (χ1) is 13.9. The smallest absolute Gasteiger partial charge is 0.270 e. The van der Waals surface area contributed by atoms with E-state index >= 15 is 0 Å². The lowest BCUT2D eigenvalue weighted by atomic mass is 10.1. The van der Waals surface area contributed by atoms with Crippen LogP contribution in [0.2, 0.25) is 0 Å². The molecule has 6 heteroatoms. The molecule has 0 unspecified atom stereocenters. The number of benzene rings is 2. The molecule has 1 saturated heterocycles. The summed E-state index contributed by atoms with van der Waals surface area (Å²) in [6, 6.07) is 16.5. The van der Waals surface area contributed by atoms with Gasteiger partial charge in [-0.3, -0.25) is 9.69 Å². The number of nitrogens with zero attached hydrogens (tertiary/aromatic N) is 3. The zero-order valence-corrected chi connectivity index (χ0v) is 18.6. The highest BCUT2D eigenvalue weighted by atomic mass is 32.2. The van der Waals surface area contributed by atoms with Crippen LogP contribution in [0.5, 0.6) is 0 Å². The summed E-state index contributed by atoms with van der Waals surface area (Å²) in [5.41, 5.74) is 4.09. The van der Waals surface area contributed by atoms with E-state index in [2.05, 4.69) is 36.7 Å². The molecule has 1 amide bonds. The van der Waals surface area contributed by atoms with Gasteiger partial charge in [-0.2, -0.15) is 0 Å². The van der Waals surface area contributed by atoms with Crippen LogP contribution in [0.3, 0.4) is 0 Å². The lowest BCUT2D eigenvalue weighted by Crippen LogP contribution is -2.27. The van der Waals surface area contributed by atoms with E-state index in [9.17, 15) is 4.79 Å². The van der Waals surface area contributed by atoms with Crippen molar-refractivity contribution in [2.24, 2.45) is 0 Å². The van der Waals surface area contributed by atoms with Crippen molar-refractivity contribution >= 4 is 62.6 Å². The van der Waals surface area contributed by atoms with E-state index in [1.165, 1.54) is 17.3 Å². The normalized spacial score (nSPS) is 15.9. The van der Waals surface area contributed by atoms with Crippen LogP contribution in [-0.4, -0.2) is 28.9 Å². The number of anilines is 2. The van der Waals surface area contributed by atoms with Crippen molar-refractivity contribution in [3.05, 3.63) is 65.2 Å². The molecule has 1 fully saturated rings. The summed E-state index contributed by atoms with van der Waals surface area (Å²) < 4.78 is 2.80. The molecular formula is C23H23N3OS2. The third-order valence-corrected chi connectivity index (χ3v) is 6.33. The summed E-state index contributed by atoms with van der Waals surface area (Å²) in [7, 11) is 3.98. The number of carbonyl (C=O) groups excluding carboxylic acids is 1. The lowest BCUT2D eigenvalue weighted by molar-refractivity contribution is -0.113. The number of fused-ring (bicyclic) bond motifs is 1. The average molecular weight is 422 g/mol. The zero-order chi connectivity index (χ0) is 20.7. The number of rotatable bonds is 4. The van der Waals surface area contributed by atoms with Gasteiger partial charge in [0.25, 0.3) is 5.91 Å². The first kappa shape index (κ1) is 19.7. The predicted octanol–water partition coefficient (Wildman–Crippen LogP) is 5.69. The van der Waals surface area contributed by atoms with Crippen molar-refractivity contribution in [3.8, 4) is 0 Å². The maximum atomic E-state index is 13.1.